The maximum Gasteiger partial charge on any atom is 0.261 e. The van der Waals surface area contributed by atoms with Gasteiger partial charge in [0.25, 0.3) is 5.89 Å². The van der Waals surface area contributed by atoms with Crippen molar-refractivity contribution in [3.05, 3.63) is 48.4 Å². The average molecular weight is 309 g/mol. The Morgan fingerprint density at radius 1 is 1.22 bits per heavy atom. The van der Waals surface area contributed by atoms with Gasteiger partial charge >= 0.3 is 0 Å². The van der Waals surface area contributed by atoms with Gasteiger partial charge in [0, 0.05) is 25.1 Å². The molecular formula is C17H15N3O3. The van der Waals surface area contributed by atoms with Crippen LogP contribution in [-0.2, 0) is 11.3 Å². The third-order valence-electron chi connectivity index (χ3n) is 3.92. The lowest BCUT2D eigenvalue weighted by Gasteiger charge is -2.15. The highest BCUT2D eigenvalue weighted by molar-refractivity contribution is 5.78. The van der Waals surface area contributed by atoms with Gasteiger partial charge in [-0.2, -0.15) is 4.98 Å². The van der Waals surface area contributed by atoms with Gasteiger partial charge in [0.1, 0.15) is 6.26 Å². The van der Waals surface area contributed by atoms with E-state index in [1.165, 1.54) is 0 Å². The van der Waals surface area contributed by atoms with Gasteiger partial charge in [0.2, 0.25) is 11.7 Å². The Kier molecular flexibility index (Phi) is 3.42. The Morgan fingerprint density at radius 3 is 2.96 bits per heavy atom. The van der Waals surface area contributed by atoms with E-state index in [4.69, 9.17) is 8.94 Å². The number of furan rings is 1. The second-order valence-electron chi connectivity index (χ2n) is 5.55. The van der Waals surface area contributed by atoms with Crippen LogP contribution in [-0.4, -0.2) is 27.5 Å². The van der Waals surface area contributed by atoms with Crippen LogP contribution in [0, 0.1) is 0 Å². The zero-order valence-corrected chi connectivity index (χ0v) is 12.4. The van der Waals surface area contributed by atoms with Gasteiger partial charge in [0.05, 0.1) is 11.8 Å². The molecule has 3 heterocycles. The lowest BCUT2D eigenvalue weighted by Crippen LogP contribution is -2.23. The van der Waals surface area contributed by atoms with E-state index in [2.05, 4.69) is 10.1 Å². The molecule has 1 aliphatic rings. The van der Waals surface area contributed by atoms with Crippen molar-refractivity contribution in [2.45, 2.75) is 19.4 Å². The van der Waals surface area contributed by atoms with Crippen molar-refractivity contribution in [3.63, 3.8) is 0 Å². The second-order valence-corrected chi connectivity index (χ2v) is 5.55. The summed E-state index contributed by atoms with van der Waals surface area (Å²) in [5.41, 5.74) is 2.68. The molecule has 116 valence electrons. The molecule has 1 aliphatic heterocycles. The maximum atomic E-state index is 11.7. The average Bonchev–Trinajstić information content (AvgIpc) is 3.29. The summed E-state index contributed by atoms with van der Waals surface area (Å²) in [6.45, 7) is 1.45. The maximum absolute atomic E-state index is 11.7. The zero-order valence-electron chi connectivity index (χ0n) is 12.4. The summed E-state index contributed by atoms with van der Waals surface area (Å²) in [4.78, 5) is 18.0. The highest BCUT2D eigenvalue weighted by atomic mass is 16.5. The number of benzene rings is 1. The molecule has 4 rings (SSSR count). The highest BCUT2D eigenvalue weighted by Gasteiger charge is 2.20. The summed E-state index contributed by atoms with van der Waals surface area (Å²) in [6, 6.07) is 9.65. The first kappa shape index (κ1) is 13.8. The summed E-state index contributed by atoms with van der Waals surface area (Å²) >= 11 is 0. The molecule has 1 amide bonds. The van der Waals surface area contributed by atoms with Gasteiger partial charge in [-0.25, -0.2) is 0 Å². The van der Waals surface area contributed by atoms with Gasteiger partial charge in [0.15, 0.2) is 0 Å². The number of amides is 1. The Labute approximate surface area is 132 Å². The minimum absolute atomic E-state index is 0.220. The number of rotatable bonds is 4. The molecule has 6 heteroatoms. The molecule has 2 aromatic heterocycles. The first-order chi connectivity index (χ1) is 11.3. The fraction of sp³-hybridized carbons (Fsp3) is 0.235. The van der Waals surface area contributed by atoms with E-state index in [0.717, 1.165) is 29.7 Å². The SMILES string of the molecule is O=C1CCCN1Cc1cccc(-c2noc(-c3ccoc3)n2)c1. The van der Waals surface area contributed by atoms with Crippen LogP contribution >= 0.6 is 0 Å². The monoisotopic (exact) mass is 309 g/mol. The van der Waals surface area contributed by atoms with Crippen LogP contribution < -0.4 is 0 Å². The Morgan fingerprint density at radius 2 is 2.17 bits per heavy atom. The second kappa shape index (κ2) is 5.72. The summed E-state index contributed by atoms with van der Waals surface area (Å²) < 4.78 is 10.3. The molecule has 1 aromatic carbocycles. The molecule has 0 saturated carbocycles. The third kappa shape index (κ3) is 2.75. The first-order valence-corrected chi connectivity index (χ1v) is 7.53. The molecule has 1 saturated heterocycles. The van der Waals surface area contributed by atoms with Gasteiger partial charge in [-0.05, 0) is 24.1 Å². The van der Waals surface area contributed by atoms with Crippen LogP contribution in [0.15, 0.2) is 51.8 Å². The van der Waals surface area contributed by atoms with Crippen LogP contribution in [0.3, 0.4) is 0 Å². The molecular weight excluding hydrogens is 294 g/mol. The number of carbonyl (C=O) groups is 1. The van der Waals surface area contributed by atoms with Crippen molar-refractivity contribution in [2.24, 2.45) is 0 Å². The molecule has 3 aromatic rings. The molecule has 6 nitrogen and oxygen atoms in total. The Balaban J connectivity index is 1.57. The smallest absolute Gasteiger partial charge is 0.261 e. The number of nitrogens with zero attached hydrogens (tertiary/aromatic N) is 3. The predicted octanol–water partition coefficient (Wildman–Crippen LogP) is 3.12. The standard InChI is InChI=1S/C17H15N3O3/c21-15-5-2-7-20(15)10-12-3-1-4-13(9-12)16-18-17(23-19-16)14-6-8-22-11-14/h1,3-4,6,8-9,11H,2,5,7,10H2. The van der Waals surface area contributed by atoms with Crippen molar-refractivity contribution in [3.8, 4) is 22.8 Å². The lowest BCUT2D eigenvalue weighted by molar-refractivity contribution is -0.128. The van der Waals surface area contributed by atoms with Gasteiger partial charge in [-0.3, -0.25) is 4.79 Å². The first-order valence-electron chi connectivity index (χ1n) is 7.53. The highest BCUT2D eigenvalue weighted by Crippen LogP contribution is 2.24. The van der Waals surface area contributed by atoms with Gasteiger partial charge in [-0.1, -0.05) is 23.4 Å². The number of carbonyl (C=O) groups excluding carboxylic acids is 1. The van der Waals surface area contributed by atoms with E-state index >= 15 is 0 Å². The molecule has 0 atom stereocenters. The van der Waals surface area contributed by atoms with Crippen LogP contribution in [0.2, 0.25) is 0 Å². The van der Waals surface area contributed by atoms with Crippen molar-refractivity contribution in [1.29, 1.82) is 0 Å². The topological polar surface area (TPSA) is 72.4 Å². The fourth-order valence-corrected chi connectivity index (χ4v) is 2.74. The molecule has 0 radical (unpaired) electrons. The normalized spacial score (nSPS) is 14.6. The molecule has 0 bridgehead atoms. The van der Waals surface area contributed by atoms with Crippen molar-refractivity contribution in [2.75, 3.05) is 6.54 Å². The number of hydrogen-bond acceptors (Lipinski definition) is 5. The number of aromatic nitrogens is 2. The van der Waals surface area contributed by atoms with Crippen molar-refractivity contribution < 1.29 is 13.7 Å². The molecule has 1 fully saturated rings. The third-order valence-corrected chi connectivity index (χ3v) is 3.92. The van der Waals surface area contributed by atoms with Crippen LogP contribution in [0.4, 0.5) is 0 Å². The number of hydrogen-bond donors (Lipinski definition) is 0. The summed E-state index contributed by atoms with van der Waals surface area (Å²) in [5.74, 6) is 1.17. The van der Waals surface area contributed by atoms with Crippen LogP contribution in [0.5, 0.6) is 0 Å². The lowest BCUT2D eigenvalue weighted by atomic mass is 10.1. The minimum atomic E-state index is 0.220. The van der Waals surface area contributed by atoms with Gasteiger partial charge in [-0.15, -0.1) is 0 Å². The van der Waals surface area contributed by atoms with E-state index in [1.807, 2.05) is 29.2 Å². The van der Waals surface area contributed by atoms with Crippen molar-refractivity contribution in [1.82, 2.24) is 15.0 Å². The zero-order chi connectivity index (χ0) is 15.6. The van der Waals surface area contributed by atoms with E-state index < -0.39 is 0 Å². The molecule has 23 heavy (non-hydrogen) atoms. The predicted molar refractivity (Wildman–Crippen MR) is 82.1 cm³/mol. The number of likely N-dealkylation sites (tertiary alicyclic amines) is 1. The van der Waals surface area contributed by atoms with E-state index in [1.54, 1.807) is 18.6 Å². The quantitative estimate of drug-likeness (QED) is 0.740. The Hall–Kier alpha value is -2.89. The largest absolute Gasteiger partial charge is 0.472 e. The van der Waals surface area contributed by atoms with Crippen LogP contribution in [0.25, 0.3) is 22.8 Å². The molecule has 0 aliphatic carbocycles. The fourth-order valence-electron chi connectivity index (χ4n) is 2.74. The summed E-state index contributed by atoms with van der Waals surface area (Å²) in [5, 5.41) is 4.02. The Bertz CT molecular complexity index is 823. The van der Waals surface area contributed by atoms with E-state index in [-0.39, 0.29) is 5.91 Å². The van der Waals surface area contributed by atoms with E-state index in [0.29, 0.717) is 24.7 Å². The van der Waals surface area contributed by atoms with Crippen LogP contribution in [0.1, 0.15) is 18.4 Å². The van der Waals surface area contributed by atoms with Crippen molar-refractivity contribution >= 4 is 5.91 Å². The molecule has 0 spiro atoms. The summed E-state index contributed by atoms with van der Waals surface area (Å²) in [7, 11) is 0. The molecule has 0 unspecified atom stereocenters. The summed E-state index contributed by atoms with van der Waals surface area (Å²) in [6.07, 6.45) is 4.72. The minimum Gasteiger partial charge on any atom is -0.472 e. The molecule has 0 N–H and O–H groups in total. The van der Waals surface area contributed by atoms with E-state index in [9.17, 15) is 4.79 Å². The van der Waals surface area contributed by atoms with Gasteiger partial charge < -0.3 is 13.8 Å².